The summed E-state index contributed by atoms with van der Waals surface area (Å²) < 4.78 is 5.90. The van der Waals surface area contributed by atoms with Crippen LogP contribution < -0.4 is 4.74 Å². The minimum atomic E-state index is 0.437. The number of aryl methyl sites for hydroxylation is 1. The van der Waals surface area contributed by atoms with Crippen LogP contribution in [0, 0.1) is 6.92 Å². The highest BCUT2D eigenvalue weighted by molar-refractivity contribution is 7.09. The number of aldehydes is 1. The van der Waals surface area contributed by atoms with Crippen molar-refractivity contribution in [3.8, 4) is 5.75 Å². The molecule has 1 heterocycles. The Hall–Kier alpha value is -1.68. The van der Waals surface area contributed by atoms with Crippen LogP contribution in [0.4, 0.5) is 0 Å². The van der Waals surface area contributed by atoms with Gasteiger partial charge in [0, 0.05) is 11.8 Å². The van der Waals surface area contributed by atoms with Crippen LogP contribution in [0.25, 0.3) is 0 Å². The first-order valence-corrected chi connectivity index (χ1v) is 7.61. The Kier molecular flexibility index (Phi) is 4.90. The second kappa shape index (κ2) is 6.66. The van der Waals surface area contributed by atoms with E-state index < -0.39 is 0 Å². The van der Waals surface area contributed by atoms with Crippen LogP contribution in [0.3, 0.4) is 0 Å². The number of thiazole rings is 1. The monoisotopic (exact) mass is 289 g/mol. The predicted octanol–water partition coefficient (Wildman–Crippen LogP) is 4.01. The van der Waals surface area contributed by atoms with Gasteiger partial charge in [-0.25, -0.2) is 4.98 Å². The van der Waals surface area contributed by atoms with Gasteiger partial charge in [-0.2, -0.15) is 0 Å². The quantitative estimate of drug-likeness (QED) is 0.754. The Bertz CT molecular complexity index is 590. The van der Waals surface area contributed by atoms with Gasteiger partial charge >= 0.3 is 0 Å². The maximum atomic E-state index is 10.6. The number of ether oxygens (including phenoxy) is 1. The Balaban J connectivity index is 1.99. The van der Waals surface area contributed by atoms with Crippen LogP contribution in [0.1, 0.15) is 46.4 Å². The molecule has 0 radical (unpaired) electrons. The number of nitrogens with zero attached hydrogens (tertiary/aromatic N) is 1. The molecule has 0 N–H and O–H groups in total. The molecular weight excluding hydrogens is 270 g/mol. The van der Waals surface area contributed by atoms with E-state index in [1.54, 1.807) is 5.38 Å². The highest BCUT2D eigenvalue weighted by Gasteiger charge is 2.08. The third kappa shape index (κ3) is 3.67. The topological polar surface area (TPSA) is 39.2 Å². The largest absolute Gasteiger partial charge is 0.493 e. The van der Waals surface area contributed by atoms with E-state index in [1.165, 1.54) is 22.5 Å². The Morgan fingerprint density at radius 1 is 1.40 bits per heavy atom. The van der Waals surface area contributed by atoms with Crippen molar-refractivity contribution in [1.29, 1.82) is 0 Å². The molecule has 0 unspecified atom stereocenters. The third-order valence-corrected chi connectivity index (χ3v) is 3.98. The van der Waals surface area contributed by atoms with E-state index in [9.17, 15) is 4.79 Å². The molecule has 0 atom stereocenters. The van der Waals surface area contributed by atoms with E-state index in [0.717, 1.165) is 23.5 Å². The van der Waals surface area contributed by atoms with Crippen LogP contribution in [-0.4, -0.2) is 17.9 Å². The average molecular weight is 289 g/mol. The van der Waals surface area contributed by atoms with Crippen molar-refractivity contribution in [3.05, 3.63) is 45.4 Å². The minimum Gasteiger partial charge on any atom is -0.493 e. The number of hydrogen-bond acceptors (Lipinski definition) is 4. The van der Waals surface area contributed by atoms with Gasteiger partial charge in [-0.3, -0.25) is 4.79 Å². The highest BCUT2D eigenvalue weighted by Crippen LogP contribution is 2.27. The van der Waals surface area contributed by atoms with E-state index in [4.69, 9.17) is 4.74 Å². The van der Waals surface area contributed by atoms with Gasteiger partial charge in [-0.05, 0) is 30.0 Å². The lowest BCUT2D eigenvalue weighted by Gasteiger charge is -2.14. The maximum absolute atomic E-state index is 10.6. The van der Waals surface area contributed by atoms with Crippen molar-refractivity contribution in [3.63, 3.8) is 0 Å². The summed E-state index contributed by atoms with van der Waals surface area (Å²) in [5.74, 6) is 1.39. The summed E-state index contributed by atoms with van der Waals surface area (Å²) in [5, 5.41) is 2.71. The summed E-state index contributed by atoms with van der Waals surface area (Å²) in [7, 11) is 0. The summed E-state index contributed by atoms with van der Waals surface area (Å²) in [4.78, 5) is 14.8. The Morgan fingerprint density at radius 2 is 2.20 bits per heavy atom. The number of benzene rings is 1. The van der Waals surface area contributed by atoms with E-state index >= 15 is 0 Å². The van der Waals surface area contributed by atoms with Gasteiger partial charge in [0.1, 0.15) is 11.4 Å². The molecule has 2 aromatic rings. The second-order valence-electron chi connectivity index (χ2n) is 5.08. The molecule has 0 spiro atoms. The molecule has 0 fully saturated rings. The lowest BCUT2D eigenvalue weighted by molar-refractivity contribution is 0.111. The molecule has 0 saturated carbocycles. The zero-order valence-corrected chi connectivity index (χ0v) is 12.9. The summed E-state index contributed by atoms with van der Waals surface area (Å²) in [6.45, 7) is 6.96. The van der Waals surface area contributed by atoms with Crippen LogP contribution in [-0.2, 0) is 6.42 Å². The SMILES string of the molecule is Cc1ccc(C(C)C)c(OCCc2nc(C=O)cs2)c1. The summed E-state index contributed by atoms with van der Waals surface area (Å²) in [6.07, 6.45) is 1.50. The van der Waals surface area contributed by atoms with Crippen LogP contribution in [0.2, 0.25) is 0 Å². The van der Waals surface area contributed by atoms with Crippen LogP contribution in [0.15, 0.2) is 23.6 Å². The third-order valence-electron chi connectivity index (χ3n) is 3.05. The first kappa shape index (κ1) is 14.7. The van der Waals surface area contributed by atoms with E-state index in [1.807, 2.05) is 0 Å². The van der Waals surface area contributed by atoms with Gasteiger partial charge < -0.3 is 4.74 Å². The number of rotatable bonds is 6. The Labute approximate surface area is 123 Å². The lowest BCUT2D eigenvalue weighted by atomic mass is 10.0. The van der Waals surface area contributed by atoms with Crippen LogP contribution >= 0.6 is 11.3 Å². The zero-order chi connectivity index (χ0) is 14.5. The zero-order valence-electron chi connectivity index (χ0n) is 12.1. The fraction of sp³-hybridized carbons (Fsp3) is 0.375. The molecule has 1 aromatic heterocycles. The van der Waals surface area contributed by atoms with Crippen molar-refractivity contribution in [2.75, 3.05) is 6.61 Å². The Morgan fingerprint density at radius 3 is 2.85 bits per heavy atom. The van der Waals surface area contributed by atoms with Gasteiger partial charge in [0.15, 0.2) is 6.29 Å². The van der Waals surface area contributed by atoms with Crippen molar-refractivity contribution >= 4 is 17.6 Å². The molecule has 20 heavy (non-hydrogen) atoms. The first-order chi connectivity index (χ1) is 9.60. The number of carbonyl (C=O) groups excluding carboxylic acids is 1. The molecule has 2 rings (SSSR count). The van der Waals surface area contributed by atoms with Crippen molar-refractivity contribution < 1.29 is 9.53 Å². The molecule has 0 amide bonds. The van der Waals surface area contributed by atoms with Crippen molar-refractivity contribution in [1.82, 2.24) is 4.98 Å². The molecular formula is C16H19NO2S. The minimum absolute atomic E-state index is 0.437. The smallest absolute Gasteiger partial charge is 0.169 e. The summed E-state index contributed by atoms with van der Waals surface area (Å²) >= 11 is 1.50. The molecule has 3 nitrogen and oxygen atoms in total. The van der Waals surface area contributed by atoms with Crippen molar-refractivity contribution in [2.45, 2.75) is 33.1 Å². The van der Waals surface area contributed by atoms with Gasteiger partial charge in [-0.1, -0.05) is 26.0 Å². The maximum Gasteiger partial charge on any atom is 0.169 e. The predicted molar refractivity (Wildman–Crippen MR) is 82.0 cm³/mol. The fourth-order valence-electron chi connectivity index (χ4n) is 1.99. The molecule has 4 heteroatoms. The van der Waals surface area contributed by atoms with Crippen LogP contribution in [0.5, 0.6) is 5.75 Å². The fourth-order valence-corrected chi connectivity index (χ4v) is 2.71. The average Bonchev–Trinajstić information content (AvgIpc) is 2.86. The summed E-state index contributed by atoms with van der Waals surface area (Å²) in [6, 6.07) is 6.32. The molecule has 1 aromatic carbocycles. The number of carbonyl (C=O) groups is 1. The molecule has 106 valence electrons. The van der Waals surface area contributed by atoms with E-state index in [0.29, 0.717) is 18.2 Å². The number of hydrogen-bond donors (Lipinski definition) is 0. The normalized spacial score (nSPS) is 10.8. The molecule has 0 saturated heterocycles. The van der Waals surface area contributed by atoms with Crippen molar-refractivity contribution in [2.24, 2.45) is 0 Å². The molecule has 0 aliphatic heterocycles. The van der Waals surface area contributed by atoms with E-state index in [2.05, 4.69) is 44.0 Å². The van der Waals surface area contributed by atoms with Gasteiger partial charge in [-0.15, -0.1) is 11.3 Å². The summed E-state index contributed by atoms with van der Waals surface area (Å²) in [5.41, 5.74) is 2.92. The van der Waals surface area contributed by atoms with Gasteiger partial charge in [0.25, 0.3) is 0 Å². The number of aromatic nitrogens is 1. The molecule has 0 aliphatic carbocycles. The first-order valence-electron chi connectivity index (χ1n) is 6.73. The van der Waals surface area contributed by atoms with E-state index in [-0.39, 0.29) is 0 Å². The molecule has 0 aliphatic rings. The lowest BCUT2D eigenvalue weighted by Crippen LogP contribution is -2.04. The van der Waals surface area contributed by atoms with Gasteiger partial charge in [0.2, 0.25) is 0 Å². The highest BCUT2D eigenvalue weighted by atomic mass is 32.1. The van der Waals surface area contributed by atoms with Gasteiger partial charge in [0.05, 0.1) is 11.6 Å². The standard InChI is InChI=1S/C16H19NO2S/c1-11(2)14-5-4-12(3)8-15(14)19-7-6-16-17-13(9-18)10-20-16/h4-5,8-11H,6-7H2,1-3H3. The molecule has 0 bridgehead atoms. The second-order valence-corrected chi connectivity index (χ2v) is 6.02.